The molecule has 1 aromatic heterocycles. The van der Waals surface area contributed by atoms with Gasteiger partial charge >= 0.3 is 0 Å². The van der Waals surface area contributed by atoms with Gasteiger partial charge in [0.2, 0.25) is 0 Å². The average Bonchev–Trinajstić information content (AvgIpc) is 2.68. The highest BCUT2D eigenvalue weighted by atomic mass is 32.1. The summed E-state index contributed by atoms with van der Waals surface area (Å²) >= 11 is 1.68. The molecule has 0 aliphatic carbocycles. The molecule has 0 bridgehead atoms. The first-order valence-electron chi connectivity index (χ1n) is 5.36. The predicted molar refractivity (Wildman–Crippen MR) is 70.1 cm³/mol. The highest BCUT2D eigenvalue weighted by Gasteiger charge is 2.03. The molecule has 0 saturated carbocycles. The van der Waals surface area contributed by atoms with Crippen molar-refractivity contribution in [2.45, 2.75) is 27.3 Å². The number of hydrogen-bond donors (Lipinski definition) is 1. The normalized spacial score (nSPS) is 10.4. The largest absolute Gasteiger partial charge is 0.380 e. The molecule has 0 saturated heterocycles. The van der Waals surface area contributed by atoms with E-state index < -0.39 is 0 Å². The fraction of sp³-hybridized carbons (Fsp3) is 0.308. The van der Waals surface area contributed by atoms with Crippen molar-refractivity contribution < 1.29 is 0 Å². The molecule has 0 fully saturated rings. The summed E-state index contributed by atoms with van der Waals surface area (Å²) in [5.74, 6) is 0. The first-order valence-corrected chi connectivity index (χ1v) is 6.24. The van der Waals surface area contributed by atoms with Crippen molar-refractivity contribution in [3.63, 3.8) is 0 Å². The Balaban J connectivity index is 2.15. The molecule has 1 heterocycles. The summed E-state index contributed by atoms with van der Waals surface area (Å²) in [5.41, 5.74) is 7.05. The molecule has 2 aromatic rings. The monoisotopic (exact) mass is 232 g/mol. The molecular formula is C13H16N2S. The fourth-order valence-corrected chi connectivity index (χ4v) is 2.50. The molecule has 0 aliphatic rings. The third-order valence-electron chi connectivity index (χ3n) is 2.60. The molecule has 0 amide bonds. The zero-order valence-electron chi connectivity index (χ0n) is 9.87. The van der Waals surface area contributed by atoms with Crippen molar-refractivity contribution in [1.29, 1.82) is 0 Å². The summed E-state index contributed by atoms with van der Waals surface area (Å²) in [6.45, 7) is 7.28. The van der Waals surface area contributed by atoms with Gasteiger partial charge in [-0.25, -0.2) is 0 Å². The lowest BCUT2D eigenvalue weighted by atomic mass is 10.1. The Morgan fingerprint density at radius 2 is 1.88 bits per heavy atom. The van der Waals surface area contributed by atoms with Crippen LogP contribution in [0.2, 0.25) is 0 Å². The predicted octanol–water partition coefficient (Wildman–Crippen LogP) is 3.68. The zero-order chi connectivity index (χ0) is 11.5. The molecule has 0 radical (unpaired) electrons. The van der Waals surface area contributed by atoms with Gasteiger partial charge in [-0.15, -0.1) is 11.3 Å². The number of nitrogens with one attached hydrogen (secondary N) is 1. The Morgan fingerprint density at radius 3 is 2.44 bits per heavy atom. The van der Waals surface area contributed by atoms with E-state index >= 15 is 0 Å². The van der Waals surface area contributed by atoms with Gasteiger partial charge in [0, 0.05) is 16.8 Å². The lowest BCUT2D eigenvalue weighted by Crippen LogP contribution is -2.02. The van der Waals surface area contributed by atoms with Crippen LogP contribution in [0.5, 0.6) is 0 Å². The van der Waals surface area contributed by atoms with Crippen molar-refractivity contribution in [2.75, 3.05) is 5.32 Å². The van der Waals surface area contributed by atoms with E-state index in [1.807, 2.05) is 11.7 Å². The lowest BCUT2D eigenvalue weighted by molar-refractivity contribution is 1.15. The molecule has 2 rings (SSSR count). The maximum Gasteiger partial charge on any atom is 0.0794 e. The molecule has 1 N–H and O–H groups in total. The molecule has 3 heteroatoms. The van der Waals surface area contributed by atoms with Crippen LogP contribution in [0.25, 0.3) is 0 Å². The Bertz CT molecular complexity index is 452. The minimum Gasteiger partial charge on any atom is -0.380 e. The zero-order valence-corrected chi connectivity index (χ0v) is 10.7. The van der Waals surface area contributed by atoms with Gasteiger partial charge in [0.05, 0.1) is 12.1 Å². The van der Waals surface area contributed by atoms with Gasteiger partial charge in [-0.1, -0.05) is 17.7 Å². The summed E-state index contributed by atoms with van der Waals surface area (Å²) in [5, 5.41) is 3.48. The van der Waals surface area contributed by atoms with Crippen LogP contribution >= 0.6 is 11.3 Å². The Labute approximate surface area is 100 Å². The maximum absolute atomic E-state index is 4.07. The van der Waals surface area contributed by atoms with Crippen LogP contribution in [0.1, 0.15) is 21.6 Å². The van der Waals surface area contributed by atoms with Crippen molar-refractivity contribution in [3.05, 3.63) is 45.4 Å². The minimum atomic E-state index is 0.857. The van der Waals surface area contributed by atoms with E-state index in [1.165, 1.54) is 27.3 Å². The number of anilines is 1. The van der Waals surface area contributed by atoms with Gasteiger partial charge in [0.15, 0.2) is 0 Å². The summed E-state index contributed by atoms with van der Waals surface area (Å²) in [7, 11) is 0. The number of aryl methyl sites for hydroxylation is 3. The lowest BCUT2D eigenvalue weighted by Gasteiger charge is -2.12. The van der Waals surface area contributed by atoms with Crippen LogP contribution < -0.4 is 5.32 Å². The topological polar surface area (TPSA) is 24.9 Å². The van der Waals surface area contributed by atoms with Crippen LogP contribution in [-0.4, -0.2) is 4.98 Å². The summed E-state index contributed by atoms with van der Waals surface area (Å²) in [6, 6.07) is 4.42. The molecule has 0 unspecified atom stereocenters. The van der Waals surface area contributed by atoms with E-state index in [-0.39, 0.29) is 0 Å². The van der Waals surface area contributed by atoms with Gasteiger partial charge in [-0.2, -0.15) is 0 Å². The second kappa shape index (κ2) is 4.66. The highest BCUT2D eigenvalue weighted by Crippen LogP contribution is 2.22. The molecule has 84 valence electrons. The second-order valence-electron chi connectivity index (χ2n) is 4.10. The second-order valence-corrected chi connectivity index (χ2v) is 5.07. The van der Waals surface area contributed by atoms with Crippen molar-refractivity contribution >= 4 is 17.0 Å². The Morgan fingerprint density at radius 1 is 1.19 bits per heavy atom. The van der Waals surface area contributed by atoms with Crippen molar-refractivity contribution in [1.82, 2.24) is 4.98 Å². The number of rotatable bonds is 3. The average molecular weight is 232 g/mol. The maximum atomic E-state index is 4.07. The van der Waals surface area contributed by atoms with Gasteiger partial charge in [-0.05, 0) is 31.9 Å². The Hall–Kier alpha value is -1.35. The van der Waals surface area contributed by atoms with Gasteiger partial charge in [-0.3, -0.25) is 4.98 Å². The molecular weight excluding hydrogens is 216 g/mol. The summed E-state index contributed by atoms with van der Waals surface area (Å²) in [4.78, 5) is 5.34. The van der Waals surface area contributed by atoms with E-state index in [4.69, 9.17) is 0 Å². The fourth-order valence-electron chi connectivity index (χ4n) is 1.96. The number of nitrogens with zero attached hydrogens (tertiary/aromatic N) is 1. The van der Waals surface area contributed by atoms with E-state index in [9.17, 15) is 0 Å². The van der Waals surface area contributed by atoms with Gasteiger partial charge in [0.25, 0.3) is 0 Å². The smallest absolute Gasteiger partial charge is 0.0794 e. The van der Waals surface area contributed by atoms with Crippen LogP contribution in [0.3, 0.4) is 0 Å². The molecule has 2 nitrogen and oxygen atoms in total. The van der Waals surface area contributed by atoms with E-state index in [1.54, 1.807) is 11.3 Å². The number of thiazole rings is 1. The van der Waals surface area contributed by atoms with Crippen molar-refractivity contribution in [2.24, 2.45) is 0 Å². The van der Waals surface area contributed by atoms with Crippen LogP contribution in [-0.2, 0) is 6.54 Å². The first-order chi connectivity index (χ1) is 7.66. The standard InChI is InChI=1S/C13H16N2S/c1-9-4-10(2)13(11(3)5-9)15-7-12-6-14-8-16-12/h4-6,8,15H,7H2,1-3H3. The van der Waals surface area contributed by atoms with Crippen molar-refractivity contribution in [3.8, 4) is 0 Å². The van der Waals surface area contributed by atoms with Gasteiger partial charge < -0.3 is 5.32 Å². The molecule has 0 aliphatic heterocycles. The number of hydrogen-bond acceptors (Lipinski definition) is 3. The van der Waals surface area contributed by atoms with Gasteiger partial charge in [0.1, 0.15) is 0 Å². The molecule has 16 heavy (non-hydrogen) atoms. The summed E-state index contributed by atoms with van der Waals surface area (Å²) < 4.78 is 0. The minimum absolute atomic E-state index is 0.857. The third kappa shape index (κ3) is 2.42. The Kier molecular flexibility index (Phi) is 3.25. The van der Waals surface area contributed by atoms with E-state index in [0.717, 1.165) is 6.54 Å². The van der Waals surface area contributed by atoms with Crippen LogP contribution in [0.4, 0.5) is 5.69 Å². The highest BCUT2D eigenvalue weighted by molar-refractivity contribution is 7.09. The third-order valence-corrected chi connectivity index (χ3v) is 3.38. The molecule has 1 aromatic carbocycles. The molecule has 0 spiro atoms. The number of aromatic nitrogens is 1. The SMILES string of the molecule is Cc1cc(C)c(NCc2cncs2)c(C)c1. The van der Waals surface area contributed by atoms with E-state index in [2.05, 4.69) is 43.2 Å². The van der Waals surface area contributed by atoms with Crippen LogP contribution in [0.15, 0.2) is 23.8 Å². The van der Waals surface area contributed by atoms with E-state index in [0.29, 0.717) is 0 Å². The quantitative estimate of drug-likeness (QED) is 0.873. The number of benzene rings is 1. The first kappa shape index (κ1) is 11.1. The van der Waals surface area contributed by atoms with Crippen LogP contribution in [0, 0.1) is 20.8 Å². The summed E-state index contributed by atoms with van der Waals surface area (Å²) in [6.07, 6.45) is 1.91. The molecule has 0 atom stereocenters.